The van der Waals surface area contributed by atoms with Gasteiger partial charge in [-0.05, 0) is 65.7 Å². The molecule has 10 heteroatoms. The van der Waals surface area contributed by atoms with Gasteiger partial charge in [-0.2, -0.15) is 5.10 Å². The van der Waals surface area contributed by atoms with E-state index in [1.807, 2.05) is 61.5 Å². The number of hydrogen-bond acceptors (Lipinski definition) is 6. The molecule has 0 fully saturated rings. The Bertz CT molecular complexity index is 1820. The van der Waals surface area contributed by atoms with Crippen molar-refractivity contribution in [2.75, 3.05) is 26.1 Å². The van der Waals surface area contributed by atoms with E-state index in [0.717, 1.165) is 27.7 Å². The second kappa shape index (κ2) is 12.4. The summed E-state index contributed by atoms with van der Waals surface area (Å²) in [7, 11) is 5.39. The van der Waals surface area contributed by atoms with Crippen LogP contribution >= 0.6 is 23.2 Å². The van der Waals surface area contributed by atoms with Crippen molar-refractivity contribution in [2.24, 2.45) is 5.10 Å². The van der Waals surface area contributed by atoms with Crippen LogP contribution < -0.4 is 19.8 Å². The quantitative estimate of drug-likeness (QED) is 0.0849. The maximum absolute atomic E-state index is 13.3. The van der Waals surface area contributed by atoms with Crippen molar-refractivity contribution in [3.8, 4) is 22.6 Å². The molecule has 0 spiro atoms. The van der Waals surface area contributed by atoms with Crippen LogP contribution in [0.2, 0.25) is 10.0 Å². The molecule has 0 bridgehead atoms. The molecule has 0 saturated carbocycles. The van der Waals surface area contributed by atoms with Crippen molar-refractivity contribution in [3.63, 3.8) is 0 Å². The van der Waals surface area contributed by atoms with E-state index < -0.39 is 11.9 Å². The molecule has 5 rings (SSSR count). The number of anilines is 1. The van der Waals surface area contributed by atoms with Gasteiger partial charge in [-0.15, -0.1) is 0 Å². The Morgan fingerprint density at radius 1 is 0.929 bits per heavy atom. The summed E-state index contributed by atoms with van der Waals surface area (Å²) in [5.41, 5.74) is 7.32. The van der Waals surface area contributed by atoms with Gasteiger partial charge in [0.2, 0.25) is 0 Å². The van der Waals surface area contributed by atoms with Crippen LogP contribution in [-0.4, -0.2) is 44.3 Å². The normalized spacial score (nSPS) is 11.1. The monoisotopic (exact) mass is 600 g/mol. The number of rotatable bonds is 8. The number of hydrogen-bond donors (Lipinski definition) is 2. The molecule has 0 radical (unpaired) electrons. The minimum atomic E-state index is -0.658. The molecule has 212 valence electrons. The van der Waals surface area contributed by atoms with Gasteiger partial charge >= 0.3 is 5.97 Å². The van der Waals surface area contributed by atoms with E-state index in [1.165, 1.54) is 25.5 Å². The fraction of sp³-hybridized carbons (Fsp3) is 0.0938. The fourth-order valence-corrected chi connectivity index (χ4v) is 4.90. The van der Waals surface area contributed by atoms with E-state index in [-0.39, 0.29) is 16.3 Å². The van der Waals surface area contributed by atoms with Crippen LogP contribution in [0.15, 0.2) is 90.0 Å². The summed E-state index contributed by atoms with van der Waals surface area (Å²) < 4.78 is 10.9. The summed E-state index contributed by atoms with van der Waals surface area (Å²) in [4.78, 5) is 31.2. The van der Waals surface area contributed by atoms with Gasteiger partial charge in [-0.1, -0.05) is 53.5 Å². The fourth-order valence-electron chi connectivity index (χ4n) is 4.41. The minimum absolute atomic E-state index is 0.168. The molecule has 4 aromatic carbocycles. The molecule has 42 heavy (non-hydrogen) atoms. The maximum Gasteiger partial charge on any atom is 0.345 e. The molecule has 1 amide bonds. The number of benzene rings is 4. The molecule has 0 atom stereocenters. The number of ether oxygens (including phenoxy) is 2. The number of nitrogens with one attached hydrogen (secondary N) is 2. The Morgan fingerprint density at radius 2 is 1.71 bits per heavy atom. The number of nitrogens with zero attached hydrogens (tertiary/aromatic N) is 2. The Balaban J connectivity index is 1.36. The third-order valence-corrected chi connectivity index (χ3v) is 7.06. The lowest BCUT2D eigenvalue weighted by atomic mass is 10.0. The summed E-state index contributed by atoms with van der Waals surface area (Å²) in [6, 6.07) is 25.1. The molecule has 5 aromatic rings. The van der Waals surface area contributed by atoms with Crippen LogP contribution in [0.4, 0.5) is 5.69 Å². The van der Waals surface area contributed by atoms with E-state index in [1.54, 1.807) is 24.3 Å². The summed E-state index contributed by atoms with van der Waals surface area (Å²) in [5, 5.41) is 5.67. The highest BCUT2D eigenvalue weighted by Crippen LogP contribution is 2.35. The third-order valence-electron chi connectivity index (χ3n) is 6.51. The van der Waals surface area contributed by atoms with Gasteiger partial charge in [0.05, 0.1) is 23.9 Å². The number of aromatic nitrogens is 1. The molecule has 0 saturated heterocycles. The molecule has 0 unspecified atom stereocenters. The van der Waals surface area contributed by atoms with Crippen molar-refractivity contribution >= 4 is 57.9 Å². The van der Waals surface area contributed by atoms with Crippen molar-refractivity contribution in [2.45, 2.75) is 0 Å². The van der Waals surface area contributed by atoms with Crippen LogP contribution in [0.5, 0.6) is 11.5 Å². The number of carbonyl (C=O) groups excluding carboxylic acids is 2. The van der Waals surface area contributed by atoms with Crippen LogP contribution in [0, 0.1) is 0 Å². The molecule has 0 aliphatic rings. The van der Waals surface area contributed by atoms with E-state index in [9.17, 15) is 9.59 Å². The average Bonchev–Trinajstić information content (AvgIpc) is 3.37. The van der Waals surface area contributed by atoms with Gasteiger partial charge in [0.25, 0.3) is 5.91 Å². The molecule has 2 N–H and O–H groups in total. The van der Waals surface area contributed by atoms with Crippen molar-refractivity contribution in [1.29, 1.82) is 0 Å². The Hall–Kier alpha value is -4.79. The number of halogens is 2. The third kappa shape index (κ3) is 6.10. The Kier molecular flexibility index (Phi) is 8.47. The highest BCUT2D eigenvalue weighted by molar-refractivity contribution is 6.36. The van der Waals surface area contributed by atoms with E-state index in [2.05, 4.69) is 21.6 Å². The largest absolute Gasteiger partial charge is 0.493 e. The number of aromatic amines is 1. The highest BCUT2D eigenvalue weighted by Gasteiger charge is 2.20. The maximum atomic E-state index is 13.3. The lowest BCUT2D eigenvalue weighted by Crippen LogP contribution is -2.18. The van der Waals surface area contributed by atoms with Crippen LogP contribution in [0.25, 0.3) is 22.0 Å². The lowest BCUT2D eigenvalue weighted by molar-refractivity contribution is 0.0729. The van der Waals surface area contributed by atoms with Gasteiger partial charge in [-0.25, -0.2) is 10.2 Å². The predicted octanol–water partition coefficient (Wildman–Crippen LogP) is 7.20. The first-order valence-corrected chi connectivity index (χ1v) is 13.6. The molecule has 1 aromatic heterocycles. The van der Waals surface area contributed by atoms with Crippen LogP contribution in [-0.2, 0) is 0 Å². The SMILES string of the molecule is COc1cc(C=NNC(=O)c2[nH]c3ccc(N(C)C)cc3c2-c2ccccc2)ccc1OC(=O)c1ccc(Cl)cc1Cl. The second-order valence-electron chi connectivity index (χ2n) is 9.49. The van der Waals surface area contributed by atoms with Crippen molar-refractivity contribution in [3.05, 3.63) is 112 Å². The number of esters is 1. The predicted molar refractivity (Wildman–Crippen MR) is 168 cm³/mol. The number of methoxy groups -OCH3 is 1. The first kappa shape index (κ1) is 28.7. The highest BCUT2D eigenvalue weighted by atomic mass is 35.5. The van der Waals surface area contributed by atoms with E-state index in [0.29, 0.717) is 22.0 Å². The Morgan fingerprint density at radius 3 is 2.43 bits per heavy atom. The van der Waals surface area contributed by atoms with Crippen LogP contribution in [0.3, 0.4) is 0 Å². The summed E-state index contributed by atoms with van der Waals surface area (Å²) in [6.07, 6.45) is 1.47. The molecule has 8 nitrogen and oxygen atoms in total. The van der Waals surface area contributed by atoms with Gasteiger partial charge in [-0.3, -0.25) is 4.79 Å². The first-order valence-electron chi connectivity index (χ1n) is 12.8. The van der Waals surface area contributed by atoms with Gasteiger partial charge in [0, 0.05) is 41.3 Å². The molecular formula is C32H26Cl2N4O4. The standard InChI is InChI=1S/C32H26Cl2N4O4/c1-38(2)22-11-13-26-24(17-22)29(20-7-5-4-6-8-20)30(36-26)31(39)37-35-18-19-9-14-27(28(15-19)41-3)42-32(40)23-12-10-21(33)16-25(23)34/h4-18,36H,1-3H3,(H,37,39). The Labute approximate surface area is 252 Å². The van der Waals surface area contributed by atoms with Gasteiger partial charge in [0.15, 0.2) is 11.5 Å². The zero-order chi connectivity index (χ0) is 29.8. The van der Waals surface area contributed by atoms with Crippen LogP contribution in [0.1, 0.15) is 26.4 Å². The van der Waals surface area contributed by atoms with Gasteiger partial charge < -0.3 is 19.4 Å². The van der Waals surface area contributed by atoms with E-state index >= 15 is 0 Å². The zero-order valence-corrected chi connectivity index (χ0v) is 24.5. The molecule has 0 aliphatic heterocycles. The second-order valence-corrected chi connectivity index (χ2v) is 10.3. The number of carbonyl (C=O) groups is 2. The average molecular weight is 601 g/mol. The first-order chi connectivity index (χ1) is 20.2. The zero-order valence-electron chi connectivity index (χ0n) is 22.9. The summed E-state index contributed by atoms with van der Waals surface area (Å²) >= 11 is 12.0. The number of hydrazone groups is 1. The van der Waals surface area contributed by atoms with Crippen molar-refractivity contribution < 1.29 is 19.1 Å². The van der Waals surface area contributed by atoms with Gasteiger partial charge in [0.1, 0.15) is 5.69 Å². The lowest BCUT2D eigenvalue weighted by Gasteiger charge is -2.12. The summed E-state index contributed by atoms with van der Waals surface area (Å²) in [5.74, 6) is -0.571. The smallest absolute Gasteiger partial charge is 0.345 e. The van der Waals surface area contributed by atoms with Crippen molar-refractivity contribution in [1.82, 2.24) is 10.4 Å². The number of amides is 1. The molecular weight excluding hydrogens is 575 g/mol. The minimum Gasteiger partial charge on any atom is -0.493 e. The van der Waals surface area contributed by atoms with E-state index in [4.69, 9.17) is 32.7 Å². The number of fused-ring (bicyclic) bond motifs is 1. The summed E-state index contributed by atoms with van der Waals surface area (Å²) in [6.45, 7) is 0. The number of H-pyrrole nitrogens is 1. The molecule has 0 aliphatic carbocycles. The topological polar surface area (TPSA) is 96.0 Å². The molecule has 1 heterocycles.